The first-order valence-electron chi connectivity index (χ1n) is 15.8. The van der Waals surface area contributed by atoms with Crippen LogP contribution in [-0.4, -0.2) is 0 Å². The van der Waals surface area contributed by atoms with Gasteiger partial charge in [-0.05, 0) is 106 Å². The predicted molar refractivity (Wildman–Crippen MR) is 198 cm³/mol. The number of fused-ring (bicyclic) bond motifs is 5. The average molecular weight is 613 g/mol. The minimum Gasteiger partial charge on any atom is -0.310 e. The van der Waals surface area contributed by atoms with Crippen molar-refractivity contribution in [3.63, 3.8) is 0 Å². The molecule has 0 radical (unpaired) electrons. The summed E-state index contributed by atoms with van der Waals surface area (Å²) in [6, 6.07) is 62.6. The van der Waals surface area contributed by atoms with Crippen molar-refractivity contribution in [3.05, 3.63) is 181 Å². The third kappa shape index (κ3) is 4.95. The van der Waals surface area contributed by atoms with Gasteiger partial charge in [0.2, 0.25) is 0 Å². The fourth-order valence-corrected chi connectivity index (χ4v) is 6.66. The van der Waals surface area contributed by atoms with Gasteiger partial charge in [0.25, 0.3) is 0 Å². The van der Waals surface area contributed by atoms with E-state index >= 15 is 0 Å². The highest BCUT2D eigenvalue weighted by Crippen LogP contribution is 2.47. The van der Waals surface area contributed by atoms with Gasteiger partial charge in [0.15, 0.2) is 0 Å². The number of nitriles is 2. The Labute approximate surface area is 279 Å². The Bertz CT molecular complexity index is 2330. The van der Waals surface area contributed by atoms with E-state index < -0.39 is 0 Å². The molecule has 224 valence electrons. The van der Waals surface area contributed by atoms with Crippen LogP contribution >= 0.6 is 0 Å². The Morgan fingerprint density at radius 1 is 0.312 bits per heavy atom. The monoisotopic (exact) mass is 612 g/mol. The molecule has 0 aromatic heterocycles. The van der Waals surface area contributed by atoms with Crippen molar-refractivity contribution in [3.8, 4) is 12.1 Å². The van der Waals surface area contributed by atoms with E-state index in [4.69, 9.17) is 0 Å². The molecule has 48 heavy (non-hydrogen) atoms. The molecule has 0 amide bonds. The Kier molecular flexibility index (Phi) is 7.23. The minimum absolute atomic E-state index is 0.624. The zero-order valence-corrected chi connectivity index (χ0v) is 26.0. The maximum Gasteiger partial charge on any atom is 0.0991 e. The predicted octanol–water partition coefficient (Wildman–Crippen LogP) is 11.8. The Morgan fingerprint density at radius 2 is 0.625 bits per heavy atom. The van der Waals surface area contributed by atoms with E-state index in [1.807, 2.05) is 60.7 Å². The largest absolute Gasteiger partial charge is 0.310 e. The lowest BCUT2D eigenvalue weighted by molar-refractivity contribution is 1.29. The van der Waals surface area contributed by atoms with Crippen molar-refractivity contribution in [2.75, 3.05) is 9.80 Å². The van der Waals surface area contributed by atoms with Gasteiger partial charge in [-0.1, -0.05) is 84.9 Å². The molecule has 0 N–H and O–H groups in total. The maximum atomic E-state index is 9.51. The molecule has 4 heteroatoms. The number of benzene rings is 8. The third-order valence-electron chi connectivity index (χ3n) is 8.86. The standard InChI is InChI=1S/C44H28N4/c45-29-31-19-23-35(24-20-31)47(33-11-3-1-4-12-33)43-27-41-38-16-8-10-18-40(38)44(28-42(41)37-15-7-9-17-39(37)43)48(34-13-5-2-6-14-34)36-25-21-32(30-46)22-26-36/h1-28H. The maximum absolute atomic E-state index is 9.51. The first-order valence-corrected chi connectivity index (χ1v) is 15.8. The molecule has 0 saturated heterocycles. The van der Waals surface area contributed by atoms with Crippen molar-refractivity contribution >= 4 is 66.4 Å². The molecule has 8 aromatic rings. The van der Waals surface area contributed by atoms with Gasteiger partial charge in [-0.2, -0.15) is 10.5 Å². The lowest BCUT2D eigenvalue weighted by atomic mass is 9.93. The lowest BCUT2D eigenvalue weighted by Gasteiger charge is -2.29. The smallest absolute Gasteiger partial charge is 0.0991 e. The molecule has 0 heterocycles. The second-order valence-electron chi connectivity index (χ2n) is 11.6. The van der Waals surface area contributed by atoms with Gasteiger partial charge in [-0.25, -0.2) is 0 Å². The van der Waals surface area contributed by atoms with E-state index in [1.165, 1.54) is 0 Å². The number of hydrogen-bond acceptors (Lipinski definition) is 4. The van der Waals surface area contributed by atoms with E-state index in [2.05, 4.69) is 131 Å². The number of anilines is 6. The molecule has 0 atom stereocenters. The Morgan fingerprint density at radius 3 is 0.979 bits per heavy atom. The second kappa shape index (κ2) is 12.1. The summed E-state index contributed by atoms with van der Waals surface area (Å²) in [6.07, 6.45) is 0. The summed E-state index contributed by atoms with van der Waals surface area (Å²) in [5.41, 5.74) is 7.37. The summed E-state index contributed by atoms with van der Waals surface area (Å²) >= 11 is 0. The molecule has 4 nitrogen and oxygen atoms in total. The van der Waals surface area contributed by atoms with Crippen molar-refractivity contribution < 1.29 is 0 Å². The highest BCUT2D eigenvalue weighted by atomic mass is 15.1. The highest BCUT2D eigenvalue weighted by Gasteiger charge is 2.21. The summed E-state index contributed by atoms with van der Waals surface area (Å²) in [5, 5.41) is 25.8. The summed E-state index contributed by atoms with van der Waals surface area (Å²) in [6.45, 7) is 0. The molecular weight excluding hydrogens is 585 g/mol. The quantitative estimate of drug-likeness (QED) is 0.175. The number of para-hydroxylation sites is 2. The fourth-order valence-electron chi connectivity index (χ4n) is 6.66. The molecule has 8 rings (SSSR count). The summed E-state index contributed by atoms with van der Waals surface area (Å²) in [5.74, 6) is 0. The average Bonchev–Trinajstić information content (AvgIpc) is 3.16. The summed E-state index contributed by atoms with van der Waals surface area (Å²) in [4.78, 5) is 4.55. The molecule has 0 aliphatic rings. The number of nitrogens with zero attached hydrogens (tertiary/aromatic N) is 4. The van der Waals surface area contributed by atoms with Crippen LogP contribution < -0.4 is 9.80 Å². The molecule has 0 bridgehead atoms. The zero-order valence-electron chi connectivity index (χ0n) is 26.0. The van der Waals surface area contributed by atoms with E-state index in [-0.39, 0.29) is 0 Å². The van der Waals surface area contributed by atoms with Gasteiger partial charge in [0.05, 0.1) is 34.6 Å². The van der Waals surface area contributed by atoms with Crippen LogP contribution in [0.2, 0.25) is 0 Å². The fraction of sp³-hybridized carbons (Fsp3) is 0. The molecule has 0 aliphatic heterocycles. The Hall–Kier alpha value is -6.88. The second-order valence-corrected chi connectivity index (χ2v) is 11.6. The van der Waals surface area contributed by atoms with Gasteiger partial charge in [0.1, 0.15) is 0 Å². The number of hydrogen-bond donors (Lipinski definition) is 0. The molecule has 0 spiro atoms. The SMILES string of the molecule is N#Cc1ccc(N(c2ccccc2)c2cc3c4ccccc4c(N(c4ccccc4)c4ccc(C#N)cc4)cc3c3ccccc23)cc1. The first-order chi connectivity index (χ1) is 23.7. The van der Waals surface area contributed by atoms with Crippen LogP contribution in [0.4, 0.5) is 34.1 Å². The van der Waals surface area contributed by atoms with Crippen molar-refractivity contribution in [1.82, 2.24) is 0 Å². The van der Waals surface area contributed by atoms with Crippen LogP contribution in [0.1, 0.15) is 11.1 Å². The molecule has 0 fully saturated rings. The van der Waals surface area contributed by atoms with Gasteiger partial charge < -0.3 is 9.80 Å². The van der Waals surface area contributed by atoms with E-state index in [0.717, 1.165) is 66.4 Å². The van der Waals surface area contributed by atoms with Gasteiger partial charge in [-0.3, -0.25) is 0 Å². The highest BCUT2D eigenvalue weighted by molar-refractivity contribution is 6.24. The van der Waals surface area contributed by atoms with Crippen LogP contribution in [0.15, 0.2) is 170 Å². The van der Waals surface area contributed by atoms with Crippen molar-refractivity contribution in [1.29, 1.82) is 10.5 Å². The lowest BCUT2D eigenvalue weighted by Crippen LogP contribution is -2.12. The molecule has 0 saturated carbocycles. The van der Waals surface area contributed by atoms with Crippen LogP contribution in [-0.2, 0) is 0 Å². The van der Waals surface area contributed by atoms with Crippen LogP contribution in [0.5, 0.6) is 0 Å². The van der Waals surface area contributed by atoms with Gasteiger partial charge >= 0.3 is 0 Å². The summed E-state index contributed by atoms with van der Waals surface area (Å²) < 4.78 is 0. The van der Waals surface area contributed by atoms with Gasteiger partial charge in [0, 0.05) is 33.5 Å². The van der Waals surface area contributed by atoms with Crippen molar-refractivity contribution in [2.24, 2.45) is 0 Å². The van der Waals surface area contributed by atoms with Crippen LogP contribution in [0.25, 0.3) is 32.3 Å². The van der Waals surface area contributed by atoms with E-state index in [9.17, 15) is 10.5 Å². The number of rotatable bonds is 6. The van der Waals surface area contributed by atoms with Crippen LogP contribution in [0, 0.1) is 22.7 Å². The normalized spacial score (nSPS) is 10.9. The van der Waals surface area contributed by atoms with Gasteiger partial charge in [-0.15, -0.1) is 0 Å². The molecule has 8 aromatic carbocycles. The molecular formula is C44H28N4. The zero-order chi connectivity index (χ0) is 32.5. The van der Waals surface area contributed by atoms with Crippen molar-refractivity contribution in [2.45, 2.75) is 0 Å². The molecule has 0 aliphatic carbocycles. The van der Waals surface area contributed by atoms with Crippen LogP contribution in [0.3, 0.4) is 0 Å². The summed E-state index contributed by atoms with van der Waals surface area (Å²) in [7, 11) is 0. The third-order valence-corrected chi connectivity index (χ3v) is 8.86. The minimum atomic E-state index is 0.624. The first kappa shape index (κ1) is 28.6. The molecule has 0 unspecified atom stereocenters. The van der Waals surface area contributed by atoms with E-state index in [0.29, 0.717) is 11.1 Å². The topological polar surface area (TPSA) is 54.1 Å². The Balaban J connectivity index is 1.45. The van der Waals surface area contributed by atoms with E-state index in [1.54, 1.807) is 0 Å².